The molecule has 126 valence electrons. The van der Waals surface area contributed by atoms with Crippen LogP contribution in [-0.4, -0.2) is 35.2 Å². The Morgan fingerprint density at radius 3 is 2.79 bits per heavy atom. The van der Waals surface area contributed by atoms with Gasteiger partial charge in [0.1, 0.15) is 24.0 Å². The molecular weight excluding hydrogens is 300 g/mol. The molecule has 1 aliphatic heterocycles. The Kier molecular flexibility index (Phi) is 4.10. The Hall–Kier alpha value is -2.14. The summed E-state index contributed by atoms with van der Waals surface area (Å²) in [5, 5.41) is 0. The molecule has 0 unspecified atom stereocenters. The standard InChI is InChI=1S/C19H24N4O/c1-2-13-4-3-5-16(6-13)24-17-10-23(11-17)19-9-18(21-12-22-19)14-7-15(20)8-14/h3-6,9,12,14-15,17H,2,7-8,10-11,20H2,1H3. The van der Waals surface area contributed by atoms with Gasteiger partial charge in [0.05, 0.1) is 13.1 Å². The molecule has 2 N–H and O–H groups in total. The Labute approximate surface area is 142 Å². The first-order chi connectivity index (χ1) is 11.7. The van der Waals surface area contributed by atoms with Crippen molar-refractivity contribution in [3.63, 3.8) is 0 Å². The van der Waals surface area contributed by atoms with Crippen molar-refractivity contribution in [2.75, 3.05) is 18.0 Å². The van der Waals surface area contributed by atoms with Crippen LogP contribution in [0.4, 0.5) is 5.82 Å². The van der Waals surface area contributed by atoms with Gasteiger partial charge in [-0.15, -0.1) is 0 Å². The molecule has 5 heteroatoms. The van der Waals surface area contributed by atoms with E-state index in [0.717, 1.165) is 49.6 Å². The van der Waals surface area contributed by atoms with E-state index in [1.54, 1.807) is 6.33 Å². The smallest absolute Gasteiger partial charge is 0.134 e. The van der Waals surface area contributed by atoms with Crippen molar-refractivity contribution in [2.45, 2.75) is 44.2 Å². The summed E-state index contributed by atoms with van der Waals surface area (Å²) in [4.78, 5) is 11.1. The minimum Gasteiger partial charge on any atom is -0.487 e. The van der Waals surface area contributed by atoms with E-state index < -0.39 is 0 Å². The Morgan fingerprint density at radius 1 is 1.21 bits per heavy atom. The predicted molar refractivity (Wildman–Crippen MR) is 94.4 cm³/mol. The van der Waals surface area contributed by atoms with Crippen LogP contribution in [0.1, 0.15) is 36.9 Å². The second-order valence-electron chi connectivity index (χ2n) is 6.88. The minimum absolute atomic E-state index is 0.229. The molecule has 1 aromatic carbocycles. The Bertz CT molecular complexity index is 708. The fourth-order valence-electron chi connectivity index (χ4n) is 3.39. The van der Waals surface area contributed by atoms with Crippen LogP contribution >= 0.6 is 0 Å². The van der Waals surface area contributed by atoms with Crippen LogP contribution in [0.25, 0.3) is 0 Å². The van der Waals surface area contributed by atoms with Gasteiger partial charge in [0.2, 0.25) is 0 Å². The largest absolute Gasteiger partial charge is 0.487 e. The molecule has 1 saturated carbocycles. The number of nitrogens with zero attached hydrogens (tertiary/aromatic N) is 3. The Balaban J connectivity index is 1.34. The maximum atomic E-state index is 6.07. The summed E-state index contributed by atoms with van der Waals surface area (Å²) in [6, 6.07) is 10.8. The van der Waals surface area contributed by atoms with Crippen LogP contribution < -0.4 is 15.4 Å². The molecule has 1 aliphatic carbocycles. The third-order valence-corrected chi connectivity index (χ3v) is 5.05. The fourth-order valence-corrected chi connectivity index (χ4v) is 3.39. The van der Waals surface area contributed by atoms with Gasteiger partial charge in [0.15, 0.2) is 0 Å². The van der Waals surface area contributed by atoms with Gasteiger partial charge >= 0.3 is 0 Å². The van der Waals surface area contributed by atoms with Crippen molar-refractivity contribution >= 4 is 5.82 Å². The Morgan fingerprint density at radius 2 is 2.04 bits per heavy atom. The average molecular weight is 324 g/mol. The molecule has 0 amide bonds. The highest BCUT2D eigenvalue weighted by Crippen LogP contribution is 2.35. The van der Waals surface area contributed by atoms with E-state index in [9.17, 15) is 0 Å². The van der Waals surface area contributed by atoms with E-state index in [4.69, 9.17) is 10.5 Å². The van der Waals surface area contributed by atoms with Crippen LogP contribution in [0.2, 0.25) is 0 Å². The average Bonchev–Trinajstić information content (AvgIpc) is 2.55. The lowest BCUT2D eigenvalue weighted by Crippen LogP contribution is -2.54. The maximum absolute atomic E-state index is 6.07. The van der Waals surface area contributed by atoms with Gasteiger partial charge in [-0.2, -0.15) is 0 Å². The molecule has 0 atom stereocenters. The fraction of sp³-hybridized carbons (Fsp3) is 0.474. The summed E-state index contributed by atoms with van der Waals surface area (Å²) < 4.78 is 6.07. The lowest BCUT2D eigenvalue weighted by atomic mass is 9.78. The van der Waals surface area contributed by atoms with Gasteiger partial charge in [-0.1, -0.05) is 19.1 Å². The van der Waals surface area contributed by atoms with E-state index in [1.165, 1.54) is 5.56 Å². The maximum Gasteiger partial charge on any atom is 0.134 e. The van der Waals surface area contributed by atoms with Crippen molar-refractivity contribution in [2.24, 2.45) is 5.73 Å². The second-order valence-corrected chi connectivity index (χ2v) is 6.88. The van der Waals surface area contributed by atoms with Gasteiger partial charge in [-0.3, -0.25) is 0 Å². The number of benzene rings is 1. The van der Waals surface area contributed by atoms with Gasteiger partial charge in [-0.25, -0.2) is 9.97 Å². The zero-order chi connectivity index (χ0) is 16.5. The van der Waals surface area contributed by atoms with Crippen LogP contribution in [0, 0.1) is 0 Å². The minimum atomic E-state index is 0.229. The lowest BCUT2D eigenvalue weighted by Gasteiger charge is -2.40. The van der Waals surface area contributed by atoms with Crippen molar-refractivity contribution in [3.8, 4) is 5.75 Å². The zero-order valence-corrected chi connectivity index (χ0v) is 14.1. The summed E-state index contributed by atoms with van der Waals surface area (Å²) in [6.45, 7) is 3.90. The molecule has 4 rings (SSSR count). The number of hydrogen-bond donors (Lipinski definition) is 1. The van der Waals surface area contributed by atoms with Crippen molar-refractivity contribution in [1.82, 2.24) is 9.97 Å². The van der Waals surface area contributed by atoms with E-state index >= 15 is 0 Å². The summed E-state index contributed by atoms with van der Waals surface area (Å²) >= 11 is 0. The zero-order valence-electron chi connectivity index (χ0n) is 14.1. The molecule has 24 heavy (non-hydrogen) atoms. The molecule has 0 bridgehead atoms. The topological polar surface area (TPSA) is 64.3 Å². The van der Waals surface area contributed by atoms with Crippen LogP contribution in [-0.2, 0) is 6.42 Å². The van der Waals surface area contributed by atoms with Gasteiger partial charge < -0.3 is 15.4 Å². The highest BCUT2D eigenvalue weighted by molar-refractivity contribution is 5.44. The lowest BCUT2D eigenvalue weighted by molar-refractivity contribution is 0.166. The van der Waals surface area contributed by atoms with Crippen molar-refractivity contribution < 1.29 is 4.74 Å². The monoisotopic (exact) mass is 324 g/mol. The summed E-state index contributed by atoms with van der Waals surface area (Å²) in [7, 11) is 0. The van der Waals surface area contributed by atoms with Crippen LogP contribution in [0.15, 0.2) is 36.7 Å². The number of nitrogens with two attached hydrogens (primary N) is 1. The highest BCUT2D eigenvalue weighted by Gasteiger charge is 2.32. The van der Waals surface area contributed by atoms with Gasteiger partial charge in [0.25, 0.3) is 0 Å². The molecule has 2 fully saturated rings. The number of aryl methyl sites for hydroxylation is 1. The van der Waals surface area contributed by atoms with Crippen LogP contribution in [0.5, 0.6) is 5.75 Å². The number of hydrogen-bond acceptors (Lipinski definition) is 5. The first kappa shape index (κ1) is 15.4. The molecule has 2 heterocycles. The summed E-state index contributed by atoms with van der Waals surface area (Å²) in [6.07, 6.45) is 5.01. The van der Waals surface area contributed by atoms with Gasteiger partial charge in [0, 0.05) is 23.7 Å². The number of ether oxygens (including phenoxy) is 1. The summed E-state index contributed by atoms with van der Waals surface area (Å²) in [5.74, 6) is 2.47. The third-order valence-electron chi connectivity index (χ3n) is 5.05. The van der Waals surface area contributed by atoms with E-state index in [2.05, 4.69) is 46.1 Å². The molecular formula is C19H24N4O. The number of rotatable bonds is 5. The molecule has 2 aromatic rings. The number of anilines is 1. The van der Waals surface area contributed by atoms with E-state index in [1.807, 2.05) is 6.07 Å². The first-order valence-corrected chi connectivity index (χ1v) is 8.79. The quantitative estimate of drug-likeness (QED) is 0.915. The predicted octanol–water partition coefficient (Wildman–Crippen LogP) is 2.51. The van der Waals surface area contributed by atoms with Crippen LogP contribution in [0.3, 0.4) is 0 Å². The molecule has 1 aromatic heterocycles. The highest BCUT2D eigenvalue weighted by atomic mass is 16.5. The van der Waals surface area contributed by atoms with Crippen molar-refractivity contribution in [1.29, 1.82) is 0 Å². The molecule has 2 aliphatic rings. The van der Waals surface area contributed by atoms with E-state index in [-0.39, 0.29) is 6.10 Å². The molecule has 0 spiro atoms. The first-order valence-electron chi connectivity index (χ1n) is 8.79. The summed E-state index contributed by atoms with van der Waals surface area (Å²) in [5.41, 5.74) is 8.32. The molecule has 1 saturated heterocycles. The van der Waals surface area contributed by atoms with Crippen molar-refractivity contribution in [3.05, 3.63) is 47.9 Å². The molecule has 5 nitrogen and oxygen atoms in total. The van der Waals surface area contributed by atoms with E-state index in [0.29, 0.717) is 12.0 Å². The second kappa shape index (κ2) is 6.40. The number of aromatic nitrogens is 2. The third kappa shape index (κ3) is 3.08. The SMILES string of the molecule is CCc1cccc(OC2CN(c3cc(C4CC(N)C4)ncn3)C2)c1. The molecule has 0 radical (unpaired) electrons. The normalized spacial score (nSPS) is 23.5. The van der Waals surface area contributed by atoms with Gasteiger partial charge in [-0.05, 0) is 37.0 Å².